The zero-order valence-corrected chi connectivity index (χ0v) is 20.8. The minimum Gasteiger partial charge on any atom is -0.494 e. The van der Waals surface area contributed by atoms with Crippen LogP contribution in [0.15, 0.2) is 58.8 Å². The summed E-state index contributed by atoms with van der Waals surface area (Å²) in [4.78, 5) is 17.4. The Morgan fingerprint density at radius 1 is 1.03 bits per heavy atom. The third-order valence-electron chi connectivity index (χ3n) is 5.67. The summed E-state index contributed by atoms with van der Waals surface area (Å²) in [7, 11) is -3.54. The van der Waals surface area contributed by atoms with Crippen molar-refractivity contribution in [3.05, 3.63) is 59.5 Å². The van der Waals surface area contributed by atoms with Crippen LogP contribution in [0.5, 0.6) is 5.75 Å². The number of carbonyl (C=O) groups is 1. The molecule has 9 heteroatoms. The summed E-state index contributed by atoms with van der Waals surface area (Å²) in [5.41, 5.74) is 2.08. The van der Waals surface area contributed by atoms with Gasteiger partial charge < -0.3 is 4.74 Å². The largest absolute Gasteiger partial charge is 0.494 e. The van der Waals surface area contributed by atoms with Gasteiger partial charge in [0.25, 0.3) is 5.91 Å². The molecule has 1 N–H and O–H groups in total. The van der Waals surface area contributed by atoms with Gasteiger partial charge in [0.1, 0.15) is 5.75 Å². The van der Waals surface area contributed by atoms with Crippen molar-refractivity contribution in [2.75, 3.05) is 25.0 Å². The lowest BCUT2D eigenvalue weighted by atomic mass is 10.2. The van der Waals surface area contributed by atoms with Gasteiger partial charge in [0.15, 0.2) is 5.13 Å². The van der Waals surface area contributed by atoms with Crippen molar-refractivity contribution in [1.29, 1.82) is 0 Å². The maximum Gasteiger partial charge on any atom is 0.257 e. The highest BCUT2D eigenvalue weighted by atomic mass is 32.2. The highest BCUT2D eigenvalue weighted by molar-refractivity contribution is 7.89. The van der Waals surface area contributed by atoms with E-state index in [0.29, 0.717) is 30.4 Å². The Kier molecular flexibility index (Phi) is 7.97. The van der Waals surface area contributed by atoms with Gasteiger partial charge >= 0.3 is 0 Å². The summed E-state index contributed by atoms with van der Waals surface area (Å²) in [6.45, 7) is 3.83. The summed E-state index contributed by atoms with van der Waals surface area (Å²) < 4.78 is 33.0. The number of hydrogen-bond donors (Lipinski definition) is 1. The number of carbonyl (C=O) groups excluding carboxylic acids is 1. The lowest BCUT2D eigenvalue weighted by Crippen LogP contribution is -2.31. The molecule has 2 aromatic carbocycles. The predicted molar refractivity (Wildman–Crippen MR) is 135 cm³/mol. The minimum atomic E-state index is -3.54. The molecule has 180 valence electrons. The molecule has 0 radical (unpaired) electrons. The smallest absolute Gasteiger partial charge is 0.257 e. The van der Waals surface area contributed by atoms with Gasteiger partial charge in [-0.15, -0.1) is 11.3 Å². The SMILES string of the molecule is CCCOc1ccc(-c2csc(NC(=O)c3ccc(S(=O)(=O)N4CCCCCC4)cc3)n2)cc1. The number of anilines is 1. The lowest BCUT2D eigenvalue weighted by molar-refractivity contribution is 0.102. The fourth-order valence-corrected chi connectivity index (χ4v) is 6.02. The Hall–Kier alpha value is -2.75. The first kappa shape index (κ1) is 24.4. The second kappa shape index (κ2) is 11.1. The molecule has 0 aliphatic carbocycles. The van der Waals surface area contributed by atoms with E-state index in [9.17, 15) is 13.2 Å². The summed E-state index contributed by atoms with van der Waals surface area (Å²) in [6, 6.07) is 13.8. The normalized spacial score (nSPS) is 15.0. The van der Waals surface area contributed by atoms with Crippen LogP contribution in [-0.2, 0) is 10.0 Å². The van der Waals surface area contributed by atoms with Crippen molar-refractivity contribution in [3.8, 4) is 17.0 Å². The standard InChI is InChI=1S/C25H29N3O4S2/c1-2-17-32-21-11-7-19(8-12-21)23-18-33-25(26-23)27-24(29)20-9-13-22(14-10-20)34(30,31)28-15-5-3-4-6-16-28/h7-14,18H,2-6,15-17H2,1H3,(H,26,27,29). The first-order valence-electron chi connectivity index (χ1n) is 11.6. The summed E-state index contributed by atoms with van der Waals surface area (Å²) in [5.74, 6) is 0.485. The molecule has 2 heterocycles. The Balaban J connectivity index is 1.40. The van der Waals surface area contributed by atoms with Crippen molar-refractivity contribution >= 4 is 32.4 Å². The zero-order valence-electron chi connectivity index (χ0n) is 19.2. The number of nitrogens with zero attached hydrogens (tertiary/aromatic N) is 2. The van der Waals surface area contributed by atoms with Gasteiger partial charge in [0, 0.05) is 29.6 Å². The van der Waals surface area contributed by atoms with Gasteiger partial charge in [-0.2, -0.15) is 4.31 Å². The molecule has 3 aromatic rings. The Morgan fingerprint density at radius 2 is 1.71 bits per heavy atom. The number of aromatic nitrogens is 1. The topological polar surface area (TPSA) is 88.6 Å². The van der Waals surface area contributed by atoms with Crippen LogP contribution in [0.3, 0.4) is 0 Å². The summed E-state index contributed by atoms with van der Waals surface area (Å²) >= 11 is 1.34. The zero-order chi connectivity index (χ0) is 24.0. The Labute approximate surface area is 204 Å². The van der Waals surface area contributed by atoms with E-state index in [0.717, 1.165) is 49.1 Å². The van der Waals surface area contributed by atoms with E-state index >= 15 is 0 Å². The van der Waals surface area contributed by atoms with Gasteiger partial charge in [0.2, 0.25) is 10.0 Å². The Morgan fingerprint density at radius 3 is 2.35 bits per heavy atom. The summed E-state index contributed by atoms with van der Waals surface area (Å²) in [6.07, 6.45) is 4.83. The quantitative estimate of drug-likeness (QED) is 0.447. The van der Waals surface area contributed by atoms with Gasteiger partial charge in [-0.25, -0.2) is 13.4 Å². The van der Waals surface area contributed by atoms with Crippen LogP contribution in [0, 0.1) is 0 Å². The van der Waals surface area contributed by atoms with E-state index in [-0.39, 0.29) is 10.8 Å². The maximum absolute atomic E-state index is 12.9. The first-order chi connectivity index (χ1) is 16.5. The molecule has 1 amide bonds. The number of thiazole rings is 1. The molecule has 34 heavy (non-hydrogen) atoms. The van der Waals surface area contributed by atoms with Crippen LogP contribution < -0.4 is 10.1 Å². The maximum atomic E-state index is 12.9. The molecule has 0 saturated carbocycles. The number of sulfonamides is 1. The van der Waals surface area contributed by atoms with Gasteiger partial charge in [-0.3, -0.25) is 10.1 Å². The van der Waals surface area contributed by atoms with Crippen molar-refractivity contribution in [3.63, 3.8) is 0 Å². The van der Waals surface area contributed by atoms with Crippen molar-refractivity contribution in [2.45, 2.75) is 43.9 Å². The second-order valence-electron chi connectivity index (χ2n) is 8.21. The minimum absolute atomic E-state index is 0.217. The molecule has 1 aliphatic heterocycles. The third kappa shape index (κ3) is 5.84. The molecule has 1 aliphatic rings. The fourth-order valence-electron chi connectivity index (χ4n) is 3.78. The monoisotopic (exact) mass is 499 g/mol. The first-order valence-corrected chi connectivity index (χ1v) is 13.9. The van der Waals surface area contributed by atoms with E-state index < -0.39 is 10.0 Å². The van der Waals surface area contributed by atoms with Crippen molar-refractivity contribution < 1.29 is 17.9 Å². The van der Waals surface area contributed by atoms with E-state index in [2.05, 4.69) is 17.2 Å². The number of amides is 1. The highest BCUT2D eigenvalue weighted by Crippen LogP contribution is 2.27. The lowest BCUT2D eigenvalue weighted by Gasteiger charge is -2.20. The highest BCUT2D eigenvalue weighted by Gasteiger charge is 2.25. The molecule has 1 saturated heterocycles. The van der Waals surface area contributed by atoms with Gasteiger partial charge in [-0.05, 0) is 67.8 Å². The number of ether oxygens (including phenoxy) is 1. The third-order valence-corrected chi connectivity index (χ3v) is 8.34. The number of benzene rings is 2. The molecule has 1 fully saturated rings. The average Bonchev–Trinajstić information content (AvgIpc) is 3.13. The molecule has 0 atom stereocenters. The molecule has 7 nitrogen and oxygen atoms in total. The average molecular weight is 500 g/mol. The van der Waals surface area contributed by atoms with Crippen LogP contribution in [0.2, 0.25) is 0 Å². The van der Waals surface area contributed by atoms with Crippen LogP contribution >= 0.6 is 11.3 Å². The molecule has 1 aromatic heterocycles. The van der Waals surface area contributed by atoms with E-state index in [1.807, 2.05) is 29.6 Å². The predicted octanol–water partition coefficient (Wildman–Crippen LogP) is 5.42. The number of nitrogens with one attached hydrogen (secondary N) is 1. The van der Waals surface area contributed by atoms with Gasteiger partial charge in [0.05, 0.1) is 17.2 Å². The molecular formula is C25H29N3O4S2. The summed E-state index contributed by atoms with van der Waals surface area (Å²) in [5, 5.41) is 5.16. The molecule has 0 unspecified atom stereocenters. The Bertz CT molecular complexity index is 1200. The molecular weight excluding hydrogens is 470 g/mol. The van der Waals surface area contributed by atoms with Gasteiger partial charge in [-0.1, -0.05) is 19.8 Å². The van der Waals surface area contributed by atoms with E-state index in [1.165, 1.54) is 23.5 Å². The van der Waals surface area contributed by atoms with Crippen molar-refractivity contribution in [1.82, 2.24) is 9.29 Å². The van der Waals surface area contributed by atoms with E-state index in [4.69, 9.17) is 4.74 Å². The van der Waals surface area contributed by atoms with Crippen molar-refractivity contribution in [2.24, 2.45) is 0 Å². The van der Waals surface area contributed by atoms with Crippen LogP contribution in [0.4, 0.5) is 5.13 Å². The second-order valence-corrected chi connectivity index (χ2v) is 11.0. The van der Waals surface area contributed by atoms with E-state index in [1.54, 1.807) is 16.4 Å². The fraction of sp³-hybridized carbons (Fsp3) is 0.360. The van der Waals surface area contributed by atoms with Crippen LogP contribution in [-0.4, -0.2) is 43.3 Å². The number of rotatable bonds is 8. The number of hydrogen-bond acceptors (Lipinski definition) is 6. The van der Waals surface area contributed by atoms with Crippen LogP contribution in [0.25, 0.3) is 11.3 Å². The molecule has 0 spiro atoms. The molecule has 0 bridgehead atoms. The molecule has 4 rings (SSSR count). The van der Waals surface area contributed by atoms with Crippen LogP contribution in [0.1, 0.15) is 49.4 Å².